The van der Waals surface area contributed by atoms with Crippen LogP contribution in [0.1, 0.15) is 50.2 Å². The van der Waals surface area contributed by atoms with Gasteiger partial charge < -0.3 is 10.0 Å². The van der Waals surface area contributed by atoms with Crippen LogP contribution in [0.2, 0.25) is 0 Å². The first-order valence-corrected chi connectivity index (χ1v) is 7.20. The molecule has 102 valence electrons. The summed E-state index contributed by atoms with van der Waals surface area (Å²) in [6.07, 6.45) is 6.36. The van der Waals surface area contributed by atoms with Gasteiger partial charge in [0.1, 0.15) is 6.07 Å². The topological polar surface area (TPSA) is 47.3 Å². The Hall–Kier alpha value is -1.53. The fraction of sp³-hybridized carbons (Fsp3) is 0.562. The number of aliphatic hydroxyl groups is 1. The molecule has 0 unspecified atom stereocenters. The predicted molar refractivity (Wildman–Crippen MR) is 77.0 cm³/mol. The molecular formula is C16H22N2O. The molecule has 1 aliphatic carbocycles. The number of aliphatic hydroxyl groups excluding tert-OH is 1. The Labute approximate surface area is 115 Å². The summed E-state index contributed by atoms with van der Waals surface area (Å²) in [5.41, 5.74) is 2.51. The maximum Gasteiger partial charge on any atom is 0.101 e. The molecule has 0 spiro atoms. The molecule has 0 atom stereocenters. The second-order valence-corrected chi connectivity index (χ2v) is 5.20. The van der Waals surface area contributed by atoms with Crippen LogP contribution in [-0.4, -0.2) is 17.7 Å². The van der Waals surface area contributed by atoms with Gasteiger partial charge in [-0.1, -0.05) is 25.3 Å². The first-order chi connectivity index (χ1) is 9.30. The van der Waals surface area contributed by atoms with Crippen molar-refractivity contribution in [2.24, 2.45) is 0 Å². The zero-order valence-corrected chi connectivity index (χ0v) is 11.6. The van der Waals surface area contributed by atoms with Crippen LogP contribution in [0.5, 0.6) is 0 Å². The lowest BCUT2D eigenvalue weighted by atomic mass is 9.93. The first-order valence-electron chi connectivity index (χ1n) is 7.20. The van der Waals surface area contributed by atoms with Gasteiger partial charge in [-0.2, -0.15) is 5.26 Å². The van der Waals surface area contributed by atoms with E-state index in [1.54, 1.807) is 6.07 Å². The van der Waals surface area contributed by atoms with Crippen LogP contribution >= 0.6 is 0 Å². The molecule has 0 aliphatic heterocycles. The molecule has 1 aromatic carbocycles. The van der Waals surface area contributed by atoms with Crippen molar-refractivity contribution >= 4 is 5.69 Å². The number of nitrogens with zero attached hydrogens (tertiary/aromatic N) is 2. The molecule has 2 rings (SSSR count). The highest BCUT2D eigenvalue weighted by Crippen LogP contribution is 2.29. The fourth-order valence-electron chi connectivity index (χ4n) is 3.04. The van der Waals surface area contributed by atoms with Crippen LogP contribution in [0, 0.1) is 11.3 Å². The smallest absolute Gasteiger partial charge is 0.101 e. The third-order valence-electron chi connectivity index (χ3n) is 4.03. The van der Waals surface area contributed by atoms with Crippen molar-refractivity contribution in [1.82, 2.24) is 0 Å². The average molecular weight is 258 g/mol. The minimum absolute atomic E-state index is 0.00941. The van der Waals surface area contributed by atoms with Crippen molar-refractivity contribution < 1.29 is 5.11 Å². The second kappa shape index (κ2) is 6.58. The van der Waals surface area contributed by atoms with Gasteiger partial charge in [0.05, 0.1) is 17.9 Å². The Bertz CT molecular complexity index is 458. The van der Waals surface area contributed by atoms with Crippen LogP contribution in [0.25, 0.3) is 0 Å². The van der Waals surface area contributed by atoms with Gasteiger partial charge in [-0.15, -0.1) is 0 Å². The van der Waals surface area contributed by atoms with Gasteiger partial charge in [0, 0.05) is 12.6 Å². The summed E-state index contributed by atoms with van der Waals surface area (Å²) in [5.74, 6) is 0. The minimum Gasteiger partial charge on any atom is -0.392 e. The zero-order chi connectivity index (χ0) is 13.7. The zero-order valence-electron chi connectivity index (χ0n) is 11.6. The number of benzene rings is 1. The summed E-state index contributed by atoms with van der Waals surface area (Å²) in [7, 11) is 0. The molecule has 1 aliphatic rings. The molecule has 3 heteroatoms. The van der Waals surface area contributed by atoms with Crippen LogP contribution in [0.4, 0.5) is 5.69 Å². The molecule has 1 aromatic rings. The number of hydrogen-bond donors (Lipinski definition) is 1. The van der Waals surface area contributed by atoms with Crippen molar-refractivity contribution in [2.45, 2.75) is 51.7 Å². The maximum absolute atomic E-state index is 9.32. The van der Waals surface area contributed by atoms with Crippen molar-refractivity contribution in [3.05, 3.63) is 29.3 Å². The lowest BCUT2D eigenvalue weighted by Crippen LogP contribution is -2.37. The molecule has 0 aromatic heterocycles. The Morgan fingerprint density at radius 1 is 1.32 bits per heavy atom. The van der Waals surface area contributed by atoms with Gasteiger partial charge in [0.2, 0.25) is 0 Å². The highest BCUT2D eigenvalue weighted by molar-refractivity contribution is 5.61. The lowest BCUT2D eigenvalue weighted by Gasteiger charge is -2.36. The Morgan fingerprint density at radius 3 is 2.63 bits per heavy atom. The van der Waals surface area contributed by atoms with E-state index in [1.165, 1.54) is 32.1 Å². The van der Waals surface area contributed by atoms with Gasteiger partial charge in [-0.05, 0) is 37.5 Å². The quantitative estimate of drug-likeness (QED) is 0.902. The minimum atomic E-state index is -0.00941. The summed E-state index contributed by atoms with van der Waals surface area (Å²) in [6.45, 7) is 3.07. The number of rotatable bonds is 4. The maximum atomic E-state index is 9.32. The van der Waals surface area contributed by atoms with Crippen LogP contribution in [0.3, 0.4) is 0 Å². The normalized spacial score (nSPS) is 16.1. The van der Waals surface area contributed by atoms with Crippen molar-refractivity contribution in [3.8, 4) is 6.07 Å². The van der Waals surface area contributed by atoms with Gasteiger partial charge in [0.15, 0.2) is 0 Å². The van der Waals surface area contributed by atoms with Crippen molar-refractivity contribution in [1.29, 1.82) is 5.26 Å². The molecule has 0 radical (unpaired) electrons. The van der Waals surface area contributed by atoms with E-state index in [9.17, 15) is 5.26 Å². The largest absolute Gasteiger partial charge is 0.392 e. The molecule has 0 heterocycles. The third-order valence-corrected chi connectivity index (χ3v) is 4.03. The highest BCUT2D eigenvalue weighted by atomic mass is 16.3. The van der Waals surface area contributed by atoms with E-state index in [0.29, 0.717) is 11.6 Å². The van der Waals surface area contributed by atoms with E-state index in [-0.39, 0.29) is 6.61 Å². The van der Waals surface area contributed by atoms with Gasteiger partial charge in [-0.25, -0.2) is 0 Å². The molecular weight excluding hydrogens is 236 g/mol. The van der Waals surface area contributed by atoms with Crippen LogP contribution in [0.15, 0.2) is 18.2 Å². The van der Waals surface area contributed by atoms with E-state index < -0.39 is 0 Å². The SMILES string of the molecule is CCN(c1ccc(CO)cc1C#N)C1CCCCC1. The number of nitriles is 1. The van der Waals surface area contributed by atoms with Gasteiger partial charge >= 0.3 is 0 Å². The number of anilines is 1. The molecule has 0 bridgehead atoms. The van der Waals surface area contributed by atoms with E-state index >= 15 is 0 Å². The van der Waals surface area contributed by atoms with Crippen LogP contribution < -0.4 is 4.90 Å². The fourth-order valence-corrected chi connectivity index (χ4v) is 3.04. The van der Waals surface area contributed by atoms with E-state index in [0.717, 1.165) is 17.8 Å². The van der Waals surface area contributed by atoms with Crippen molar-refractivity contribution in [3.63, 3.8) is 0 Å². The molecule has 3 nitrogen and oxygen atoms in total. The monoisotopic (exact) mass is 258 g/mol. The lowest BCUT2D eigenvalue weighted by molar-refractivity contribution is 0.282. The molecule has 1 N–H and O–H groups in total. The van der Waals surface area contributed by atoms with Gasteiger partial charge in [-0.3, -0.25) is 0 Å². The number of hydrogen-bond acceptors (Lipinski definition) is 3. The molecule has 19 heavy (non-hydrogen) atoms. The van der Waals surface area contributed by atoms with E-state index in [2.05, 4.69) is 17.9 Å². The average Bonchev–Trinajstić information content (AvgIpc) is 2.49. The predicted octanol–water partition coefficient (Wildman–Crippen LogP) is 3.21. The van der Waals surface area contributed by atoms with E-state index in [1.807, 2.05) is 12.1 Å². The van der Waals surface area contributed by atoms with Gasteiger partial charge in [0.25, 0.3) is 0 Å². The summed E-state index contributed by atoms with van der Waals surface area (Å²) in [5, 5.41) is 18.5. The molecule has 0 saturated heterocycles. The second-order valence-electron chi connectivity index (χ2n) is 5.20. The highest BCUT2D eigenvalue weighted by Gasteiger charge is 2.22. The summed E-state index contributed by atoms with van der Waals surface area (Å²) in [4.78, 5) is 2.36. The summed E-state index contributed by atoms with van der Waals surface area (Å²) in [6, 6.07) is 8.55. The first kappa shape index (κ1) is 13.9. The standard InChI is InChI=1S/C16H22N2O/c1-2-18(15-6-4-3-5-7-15)16-9-8-13(12-19)10-14(16)11-17/h8-10,15,19H,2-7,12H2,1H3. The molecule has 1 saturated carbocycles. The van der Waals surface area contributed by atoms with Crippen LogP contribution in [-0.2, 0) is 6.61 Å². The molecule has 1 fully saturated rings. The Kier molecular flexibility index (Phi) is 4.81. The summed E-state index contributed by atoms with van der Waals surface area (Å²) < 4.78 is 0. The Morgan fingerprint density at radius 2 is 2.05 bits per heavy atom. The molecule has 0 amide bonds. The Balaban J connectivity index is 2.29. The third kappa shape index (κ3) is 3.08. The van der Waals surface area contributed by atoms with E-state index in [4.69, 9.17) is 5.11 Å². The van der Waals surface area contributed by atoms with Crippen molar-refractivity contribution in [2.75, 3.05) is 11.4 Å². The summed E-state index contributed by atoms with van der Waals surface area (Å²) >= 11 is 0.